The van der Waals surface area contributed by atoms with E-state index >= 15 is 0 Å². The number of nitrogens with zero attached hydrogens (tertiary/aromatic N) is 1. The van der Waals surface area contributed by atoms with Crippen LogP contribution in [0.2, 0.25) is 0 Å². The van der Waals surface area contributed by atoms with Gasteiger partial charge < -0.3 is 10.0 Å². The van der Waals surface area contributed by atoms with Crippen LogP contribution in [0.25, 0.3) is 0 Å². The molecule has 1 aliphatic heterocycles. The minimum absolute atomic E-state index is 0.287. The molecule has 0 saturated carbocycles. The zero-order valence-electron chi connectivity index (χ0n) is 13.1. The van der Waals surface area contributed by atoms with E-state index in [1.54, 1.807) is 0 Å². The summed E-state index contributed by atoms with van der Waals surface area (Å²) in [7, 11) is 0. The first-order valence-electron chi connectivity index (χ1n) is 7.90. The number of carboxylic acid groups (broad SMARTS) is 1. The normalized spacial score (nSPS) is 23.3. The van der Waals surface area contributed by atoms with Gasteiger partial charge in [-0.15, -0.1) is 0 Å². The van der Waals surface area contributed by atoms with E-state index in [2.05, 4.69) is 18.7 Å². The quantitative estimate of drug-likeness (QED) is 0.764. The van der Waals surface area contributed by atoms with Crippen molar-refractivity contribution in [2.24, 2.45) is 11.3 Å². The third-order valence-corrected chi connectivity index (χ3v) is 4.90. The van der Waals surface area contributed by atoms with Gasteiger partial charge in [0, 0.05) is 12.6 Å². The molecule has 0 bridgehead atoms. The highest BCUT2D eigenvalue weighted by atomic mass is 16.4. The Kier molecular flexibility index (Phi) is 6.31. The molecule has 1 saturated heterocycles. The van der Waals surface area contributed by atoms with Crippen LogP contribution in [0, 0.1) is 11.3 Å². The molecule has 1 rings (SSSR count). The van der Waals surface area contributed by atoms with Crippen molar-refractivity contribution in [1.29, 1.82) is 0 Å². The molecule has 0 aliphatic carbocycles. The van der Waals surface area contributed by atoms with Crippen molar-refractivity contribution < 1.29 is 9.90 Å². The van der Waals surface area contributed by atoms with Gasteiger partial charge in [-0.1, -0.05) is 26.7 Å². The van der Waals surface area contributed by atoms with E-state index in [1.165, 1.54) is 25.7 Å². The number of aliphatic carboxylic acids is 1. The monoisotopic (exact) mass is 269 g/mol. The standard InChI is InChI=1S/C16H31NO2/c1-5-7-10-14(6-2)17-11-8-9-13(12-17)16(3,4)15(18)19/h13-14H,5-12H2,1-4H3,(H,18,19). The lowest BCUT2D eigenvalue weighted by Gasteiger charge is -2.42. The summed E-state index contributed by atoms with van der Waals surface area (Å²) < 4.78 is 0. The second-order valence-electron chi connectivity index (χ2n) is 6.57. The van der Waals surface area contributed by atoms with Crippen LogP contribution >= 0.6 is 0 Å². The fourth-order valence-electron chi connectivity index (χ4n) is 3.19. The van der Waals surface area contributed by atoms with Crippen LogP contribution in [0.15, 0.2) is 0 Å². The fraction of sp³-hybridized carbons (Fsp3) is 0.938. The lowest BCUT2D eigenvalue weighted by atomic mass is 9.74. The third-order valence-electron chi connectivity index (χ3n) is 4.90. The van der Waals surface area contributed by atoms with Gasteiger partial charge in [-0.25, -0.2) is 0 Å². The van der Waals surface area contributed by atoms with Crippen LogP contribution in [0.5, 0.6) is 0 Å². The van der Waals surface area contributed by atoms with Crippen LogP contribution in [0.3, 0.4) is 0 Å². The highest BCUT2D eigenvalue weighted by Gasteiger charge is 2.39. The average Bonchev–Trinajstić information content (AvgIpc) is 2.40. The number of piperidine rings is 1. The molecule has 0 aromatic carbocycles. The maximum absolute atomic E-state index is 11.4. The molecule has 0 aromatic heterocycles. The first-order valence-corrected chi connectivity index (χ1v) is 7.90. The summed E-state index contributed by atoms with van der Waals surface area (Å²) in [4.78, 5) is 14.0. The zero-order valence-corrected chi connectivity index (χ0v) is 13.1. The Balaban J connectivity index is 2.65. The first kappa shape index (κ1) is 16.5. The molecule has 0 spiro atoms. The Morgan fingerprint density at radius 3 is 2.63 bits per heavy atom. The molecule has 3 nitrogen and oxygen atoms in total. The van der Waals surface area contributed by atoms with Crippen LogP contribution in [0.1, 0.15) is 66.2 Å². The van der Waals surface area contributed by atoms with Gasteiger partial charge >= 0.3 is 5.97 Å². The fourth-order valence-corrected chi connectivity index (χ4v) is 3.19. The van der Waals surface area contributed by atoms with Crippen LogP contribution in [0.4, 0.5) is 0 Å². The van der Waals surface area contributed by atoms with Crippen molar-refractivity contribution in [3.63, 3.8) is 0 Å². The maximum atomic E-state index is 11.4. The van der Waals surface area contributed by atoms with Gasteiger partial charge in [-0.2, -0.15) is 0 Å². The highest BCUT2D eigenvalue weighted by Crippen LogP contribution is 2.35. The Morgan fingerprint density at radius 1 is 1.42 bits per heavy atom. The highest BCUT2D eigenvalue weighted by molar-refractivity contribution is 5.74. The van der Waals surface area contributed by atoms with E-state index < -0.39 is 11.4 Å². The molecule has 2 unspecified atom stereocenters. The summed E-state index contributed by atoms with van der Waals surface area (Å²) in [5, 5.41) is 9.40. The van der Waals surface area contributed by atoms with Gasteiger partial charge in [0.05, 0.1) is 5.41 Å². The molecule has 1 aliphatic rings. The Morgan fingerprint density at radius 2 is 2.11 bits per heavy atom. The van der Waals surface area contributed by atoms with Crippen molar-refractivity contribution in [3.8, 4) is 0 Å². The predicted octanol–water partition coefficient (Wildman–Crippen LogP) is 3.78. The molecule has 1 N–H and O–H groups in total. The number of hydrogen-bond donors (Lipinski definition) is 1. The van der Waals surface area contributed by atoms with E-state index in [9.17, 15) is 9.90 Å². The molecule has 1 fully saturated rings. The number of carboxylic acids is 1. The lowest BCUT2D eigenvalue weighted by molar-refractivity contribution is -0.151. The van der Waals surface area contributed by atoms with Gasteiger partial charge in [-0.3, -0.25) is 4.79 Å². The maximum Gasteiger partial charge on any atom is 0.309 e. The van der Waals surface area contributed by atoms with E-state index in [-0.39, 0.29) is 5.92 Å². The number of rotatable bonds is 7. The second kappa shape index (κ2) is 7.28. The van der Waals surface area contributed by atoms with E-state index in [4.69, 9.17) is 0 Å². The molecule has 0 aromatic rings. The Bertz CT molecular complexity index is 288. The molecule has 19 heavy (non-hydrogen) atoms. The summed E-state index contributed by atoms with van der Waals surface area (Å²) >= 11 is 0. The smallest absolute Gasteiger partial charge is 0.309 e. The van der Waals surface area contributed by atoms with E-state index in [0.717, 1.165) is 25.9 Å². The summed E-state index contributed by atoms with van der Waals surface area (Å²) in [6.07, 6.45) is 7.16. The minimum Gasteiger partial charge on any atom is -0.481 e. The molecule has 0 amide bonds. The minimum atomic E-state index is -0.652. The molecule has 2 atom stereocenters. The van der Waals surface area contributed by atoms with Gasteiger partial charge in [0.1, 0.15) is 0 Å². The van der Waals surface area contributed by atoms with Crippen LogP contribution in [-0.2, 0) is 4.79 Å². The second-order valence-corrected chi connectivity index (χ2v) is 6.57. The summed E-state index contributed by atoms with van der Waals surface area (Å²) in [6, 6.07) is 0.646. The molecule has 3 heteroatoms. The number of hydrogen-bond acceptors (Lipinski definition) is 2. The van der Waals surface area contributed by atoms with Gasteiger partial charge in [-0.05, 0) is 52.0 Å². The zero-order chi connectivity index (χ0) is 14.5. The molecule has 112 valence electrons. The van der Waals surface area contributed by atoms with E-state index in [0.29, 0.717) is 6.04 Å². The Hall–Kier alpha value is -0.570. The van der Waals surface area contributed by atoms with Crippen LogP contribution < -0.4 is 0 Å². The summed E-state index contributed by atoms with van der Waals surface area (Å²) in [5.74, 6) is -0.365. The number of likely N-dealkylation sites (tertiary alicyclic amines) is 1. The van der Waals surface area contributed by atoms with E-state index in [1.807, 2.05) is 13.8 Å². The SMILES string of the molecule is CCCCC(CC)N1CCCC(C(C)(C)C(=O)O)C1. The van der Waals surface area contributed by atoms with Gasteiger partial charge in [0.15, 0.2) is 0 Å². The topological polar surface area (TPSA) is 40.5 Å². The predicted molar refractivity (Wildman–Crippen MR) is 79.3 cm³/mol. The first-order chi connectivity index (χ1) is 8.93. The number of unbranched alkanes of at least 4 members (excludes halogenated alkanes) is 1. The van der Waals surface area contributed by atoms with Gasteiger partial charge in [0.25, 0.3) is 0 Å². The molecule has 0 radical (unpaired) electrons. The molecular formula is C16H31NO2. The third kappa shape index (κ3) is 4.20. The van der Waals surface area contributed by atoms with Crippen molar-refractivity contribution >= 4 is 5.97 Å². The van der Waals surface area contributed by atoms with Crippen molar-refractivity contribution in [3.05, 3.63) is 0 Å². The largest absolute Gasteiger partial charge is 0.481 e. The van der Waals surface area contributed by atoms with Crippen molar-refractivity contribution in [2.75, 3.05) is 13.1 Å². The average molecular weight is 269 g/mol. The lowest BCUT2D eigenvalue weighted by Crippen LogP contribution is -2.48. The van der Waals surface area contributed by atoms with Crippen molar-refractivity contribution in [2.45, 2.75) is 72.3 Å². The number of carbonyl (C=O) groups is 1. The Labute approximate surface area is 118 Å². The summed E-state index contributed by atoms with van der Waals surface area (Å²) in [6.45, 7) is 10.4. The van der Waals surface area contributed by atoms with Crippen LogP contribution in [-0.4, -0.2) is 35.1 Å². The molecular weight excluding hydrogens is 238 g/mol. The summed E-state index contributed by atoms with van der Waals surface area (Å²) in [5.41, 5.74) is -0.596. The van der Waals surface area contributed by atoms with Gasteiger partial charge in [0.2, 0.25) is 0 Å². The molecule has 1 heterocycles. The van der Waals surface area contributed by atoms with Crippen molar-refractivity contribution in [1.82, 2.24) is 4.90 Å².